The van der Waals surface area contributed by atoms with Crippen molar-refractivity contribution < 1.29 is 14.3 Å². The number of carbonyl (C=O) groups is 1. The zero-order chi connectivity index (χ0) is 24.3. The minimum Gasteiger partial charge on any atom is -0.445 e. The van der Waals surface area contributed by atoms with Crippen LogP contribution in [0.5, 0.6) is 0 Å². The van der Waals surface area contributed by atoms with E-state index in [1.807, 2.05) is 30.3 Å². The zero-order valence-corrected chi connectivity index (χ0v) is 23.1. The van der Waals surface area contributed by atoms with Gasteiger partial charge in [0.25, 0.3) is 0 Å². The average molecular weight is 545 g/mol. The lowest BCUT2D eigenvalue weighted by molar-refractivity contribution is 0.0824. The normalized spacial score (nSPS) is 13.9. The van der Waals surface area contributed by atoms with Crippen LogP contribution in [0.1, 0.15) is 35.7 Å². The lowest BCUT2D eigenvalue weighted by atomic mass is 10.1. The fraction of sp³-hybridized carbons (Fsp3) is 0.462. The molecule has 34 heavy (non-hydrogen) atoms. The molecule has 1 fully saturated rings. The molecule has 4 rings (SSSR count). The molecule has 0 spiro atoms. The van der Waals surface area contributed by atoms with Crippen molar-refractivity contribution >= 4 is 41.1 Å². The quantitative estimate of drug-likeness (QED) is 0.209. The van der Waals surface area contributed by atoms with E-state index in [4.69, 9.17) is 14.5 Å². The number of imidazole rings is 1. The first-order valence-corrected chi connectivity index (χ1v) is 16.4. The maximum absolute atomic E-state index is 12.7. The summed E-state index contributed by atoms with van der Waals surface area (Å²) in [6.07, 6.45) is 2.10. The second kappa shape index (κ2) is 10.6. The number of halogens is 1. The monoisotopic (exact) mass is 543 g/mol. The summed E-state index contributed by atoms with van der Waals surface area (Å²) in [6.45, 7) is 8.76. The molecular formula is C26H34BrN3O3Si. The van der Waals surface area contributed by atoms with Crippen molar-refractivity contribution in [1.29, 1.82) is 0 Å². The van der Waals surface area contributed by atoms with E-state index in [1.54, 1.807) is 11.9 Å². The number of amides is 1. The van der Waals surface area contributed by atoms with Gasteiger partial charge in [0.15, 0.2) is 0 Å². The summed E-state index contributed by atoms with van der Waals surface area (Å²) >= 11 is 3.78. The van der Waals surface area contributed by atoms with Crippen LogP contribution in [-0.2, 0) is 29.4 Å². The van der Waals surface area contributed by atoms with Crippen LogP contribution in [0, 0.1) is 0 Å². The van der Waals surface area contributed by atoms with Gasteiger partial charge in [-0.25, -0.2) is 9.78 Å². The maximum atomic E-state index is 12.7. The predicted molar refractivity (Wildman–Crippen MR) is 142 cm³/mol. The number of nitrogens with zero attached hydrogens (tertiary/aromatic N) is 3. The van der Waals surface area contributed by atoms with E-state index >= 15 is 0 Å². The van der Waals surface area contributed by atoms with Crippen molar-refractivity contribution in [3.8, 4) is 0 Å². The molecule has 1 aromatic heterocycles. The molecule has 1 saturated carbocycles. The summed E-state index contributed by atoms with van der Waals surface area (Å²) < 4.78 is 14.7. The van der Waals surface area contributed by atoms with E-state index < -0.39 is 8.07 Å². The van der Waals surface area contributed by atoms with Crippen molar-refractivity contribution in [1.82, 2.24) is 14.5 Å². The molecule has 0 atom stereocenters. The summed E-state index contributed by atoms with van der Waals surface area (Å²) in [5.41, 5.74) is 4.24. The van der Waals surface area contributed by atoms with Crippen LogP contribution < -0.4 is 0 Å². The first-order valence-electron chi connectivity index (χ1n) is 11.9. The molecule has 2 aromatic carbocycles. The molecule has 3 aromatic rings. The number of hydrogen-bond donors (Lipinski definition) is 0. The first-order chi connectivity index (χ1) is 16.2. The SMILES string of the molecule is CN(Cc1nc2cc(C3CC3)cc(Br)c2n1COCC[Si](C)(C)C)C(=O)OCc1ccccc1. The zero-order valence-electron chi connectivity index (χ0n) is 20.5. The molecule has 0 radical (unpaired) electrons. The van der Waals surface area contributed by atoms with Gasteiger partial charge in [-0.1, -0.05) is 50.0 Å². The second-order valence-electron chi connectivity index (χ2n) is 10.3. The summed E-state index contributed by atoms with van der Waals surface area (Å²) in [6, 6.07) is 15.2. The average Bonchev–Trinajstić information content (AvgIpc) is 3.58. The molecule has 182 valence electrons. The molecule has 0 saturated heterocycles. The van der Waals surface area contributed by atoms with E-state index in [1.165, 1.54) is 18.4 Å². The smallest absolute Gasteiger partial charge is 0.410 e. The van der Waals surface area contributed by atoms with Gasteiger partial charge < -0.3 is 18.9 Å². The summed E-state index contributed by atoms with van der Waals surface area (Å²) in [5, 5.41) is 0. The molecule has 0 unspecified atom stereocenters. The maximum Gasteiger partial charge on any atom is 0.410 e. The van der Waals surface area contributed by atoms with Gasteiger partial charge in [-0.3, -0.25) is 0 Å². The molecule has 0 aliphatic heterocycles. The Morgan fingerprint density at radius 1 is 1.21 bits per heavy atom. The third-order valence-electron chi connectivity index (χ3n) is 6.06. The van der Waals surface area contributed by atoms with Gasteiger partial charge in [-0.2, -0.15) is 0 Å². The van der Waals surface area contributed by atoms with Gasteiger partial charge >= 0.3 is 6.09 Å². The Hall–Kier alpha value is -2.16. The molecule has 1 heterocycles. The lowest BCUT2D eigenvalue weighted by Gasteiger charge is -2.19. The van der Waals surface area contributed by atoms with Gasteiger partial charge in [-0.05, 0) is 64.0 Å². The highest BCUT2D eigenvalue weighted by Crippen LogP contribution is 2.42. The molecule has 1 aliphatic rings. The molecule has 1 aliphatic carbocycles. The van der Waals surface area contributed by atoms with Gasteiger partial charge in [0.1, 0.15) is 19.2 Å². The van der Waals surface area contributed by atoms with Gasteiger partial charge in [0, 0.05) is 26.2 Å². The highest BCUT2D eigenvalue weighted by atomic mass is 79.9. The molecule has 0 bridgehead atoms. The number of hydrogen-bond acceptors (Lipinski definition) is 4. The summed E-state index contributed by atoms with van der Waals surface area (Å²) in [7, 11) is 0.566. The number of benzene rings is 2. The van der Waals surface area contributed by atoms with Crippen molar-refractivity contribution in [2.75, 3.05) is 13.7 Å². The Kier molecular flexibility index (Phi) is 7.79. The van der Waals surface area contributed by atoms with E-state index in [0.29, 0.717) is 19.2 Å². The van der Waals surface area contributed by atoms with Crippen LogP contribution in [0.4, 0.5) is 4.79 Å². The predicted octanol–water partition coefficient (Wildman–Crippen LogP) is 6.76. The van der Waals surface area contributed by atoms with Crippen molar-refractivity contribution in [3.63, 3.8) is 0 Å². The molecule has 1 amide bonds. The largest absolute Gasteiger partial charge is 0.445 e. The molecule has 8 heteroatoms. The van der Waals surface area contributed by atoms with Gasteiger partial charge in [-0.15, -0.1) is 0 Å². The van der Waals surface area contributed by atoms with Crippen LogP contribution in [0.3, 0.4) is 0 Å². The van der Waals surface area contributed by atoms with E-state index in [2.05, 4.69) is 52.3 Å². The Bertz CT molecular complexity index is 1140. The number of ether oxygens (including phenoxy) is 2. The van der Waals surface area contributed by atoms with Crippen LogP contribution in [0.25, 0.3) is 11.0 Å². The van der Waals surface area contributed by atoms with Gasteiger partial charge in [0.05, 0.1) is 17.6 Å². The van der Waals surface area contributed by atoms with Gasteiger partial charge in [0.2, 0.25) is 0 Å². The topological polar surface area (TPSA) is 56.6 Å². The van der Waals surface area contributed by atoms with Crippen molar-refractivity contribution in [2.45, 2.75) is 64.3 Å². The third kappa shape index (κ3) is 6.49. The number of rotatable bonds is 10. The van der Waals surface area contributed by atoms with Crippen molar-refractivity contribution in [3.05, 3.63) is 63.9 Å². The van der Waals surface area contributed by atoms with E-state index in [9.17, 15) is 4.79 Å². The minimum absolute atomic E-state index is 0.247. The second-order valence-corrected chi connectivity index (χ2v) is 16.8. The van der Waals surface area contributed by atoms with Crippen LogP contribution in [0.2, 0.25) is 25.7 Å². The molecule has 6 nitrogen and oxygen atoms in total. The minimum atomic E-state index is -1.18. The molecular weight excluding hydrogens is 510 g/mol. The van der Waals surface area contributed by atoms with Crippen LogP contribution >= 0.6 is 15.9 Å². The Labute approximate surface area is 211 Å². The fourth-order valence-electron chi connectivity index (χ4n) is 3.84. The summed E-state index contributed by atoms with van der Waals surface area (Å²) in [5.74, 6) is 1.42. The summed E-state index contributed by atoms with van der Waals surface area (Å²) in [4.78, 5) is 19.2. The van der Waals surface area contributed by atoms with Crippen LogP contribution in [0.15, 0.2) is 46.9 Å². The van der Waals surface area contributed by atoms with E-state index in [0.717, 1.165) is 39.5 Å². The fourth-order valence-corrected chi connectivity index (χ4v) is 5.28. The Morgan fingerprint density at radius 3 is 2.62 bits per heavy atom. The Balaban J connectivity index is 1.51. The highest BCUT2D eigenvalue weighted by Gasteiger charge is 2.26. The van der Waals surface area contributed by atoms with Crippen LogP contribution in [-0.4, -0.2) is 42.3 Å². The number of aromatic nitrogens is 2. The highest BCUT2D eigenvalue weighted by molar-refractivity contribution is 9.10. The van der Waals surface area contributed by atoms with E-state index in [-0.39, 0.29) is 12.7 Å². The third-order valence-corrected chi connectivity index (χ3v) is 8.37. The van der Waals surface area contributed by atoms with Crippen molar-refractivity contribution in [2.24, 2.45) is 0 Å². The molecule has 0 N–H and O–H groups in total. The first kappa shape index (κ1) is 24.9. The number of carbonyl (C=O) groups excluding carboxylic acids is 1. The Morgan fingerprint density at radius 2 is 1.94 bits per heavy atom. The lowest BCUT2D eigenvalue weighted by Crippen LogP contribution is -2.28. The standard InChI is InChI=1S/C26H34BrN3O3Si/c1-29(26(31)33-17-19-8-6-5-7-9-19)16-24-28-23-15-21(20-10-11-20)14-22(27)25(23)30(24)18-32-12-13-34(2,3)4/h5-9,14-15,20H,10-13,16-18H2,1-4H3. The number of fused-ring (bicyclic) bond motifs is 1.